The maximum atomic E-state index is 12.4. The second kappa shape index (κ2) is 5.11. The average Bonchev–Trinajstić information content (AvgIpc) is 2.28. The summed E-state index contributed by atoms with van der Waals surface area (Å²) in [5.74, 6) is 0. The Morgan fingerprint density at radius 3 is 2.42 bits per heavy atom. The van der Waals surface area contributed by atoms with E-state index in [9.17, 15) is 8.42 Å². The number of nitrogens with two attached hydrogens (primary N) is 1. The van der Waals surface area contributed by atoms with Gasteiger partial charge < -0.3 is 10.5 Å². The Balaban J connectivity index is 2.23. The van der Waals surface area contributed by atoms with Gasteiger partial charge in [0.2, 0.25) is 10.0 Å². The summed E-state index contributed by atoms with van der Waals surface area (Å²) in [6.45, 7) is 3.56. The summed E-state index contributed by atoms with van der Waals surface area (Å²) in [5, 5.41) is 0. The van der Waals surface area contributed by atoms with E-state index in [1.54, 1.807) is 27.0 Å². The lowest BCUT2D eigenvalue weighted by atomic mass is 9.90. The first kappa shape index (κ1) is 14.3. The molecule has 0 bridgehead atoms. The number of sulfonamides is 1. The molecule has 6 heteroatoms. The molecule has 1 aromatic rings. The number of methoxy groups -OCH3 is 1. The third-order valence-electron chi connectivity index (χ3n) is 3.63. The smallest absolute Gasteiger partial charge is 0.243 e. The monoisotopic (exact) mass is 284 g/mol. The maximum absolute atomic E-state index is 12.4. The minimum Gasteiger partial charge on any atom is -0.397 e. The lowest BCUT2D eigenvalue weighted by Crippen LogP contribution is -2.47. The third-order valence-corrected chi connectivity index (χ3v) is 5.35. The molecule has 1 aliphatic rings. The fourth-order valence-electron chi connectivity index (χ4n) is 2.30. The molecule has 0 spiro atoms. The first-order valence-corrected chi connectivity index (χ1v) is 7.74. The molecule has 5 nitrogen and oxygen atoms in total. The van der Waals surface area contributed by atoms with Crippen LogP contribution in [0.3, 0.4) is 0 Å². The van der Waals surface area contributed by atoms with Crippen molar-refractivity contribution in [3.05, 3.63) is 23.3 Å². The number of rotatable bonds is 4. The molecule has 1 aliphatic carbocycles. The van der Waals surface area contributed by atoms with Crippen LogP contribution in [-0.4, -0.2) is 27.7 Å². The van der Waals surface area contributed by atoms with E-state index >= 15 is 0 Å². The highest BCUT2D eigenvalue weighted by molar-refractivity contribution is 7.89. The first-order chi connectivity index (χ1) is 8.85. The van der Waals surface area contributed by atoms with Gasteiger partial charge in [0, 0.05) is 13.2 Å². The van der Waals surface area contributed by atoms with Crippen LogP contribution in [0, 0.1) is 13.8 Å². The Morgan fingerprint density at radius 2 is 1.84 bits per heavy atom. The van der Waals surface area contributed by atoms with Gasteiger partial charge in [-0.2, -0.15) is 0 Å². The number of hydrogen-bond donors (Lipinski definition) is 2. The lowest BCUT2D eigenvalue weighted by Gasteiger charge is -2.34. The van der Waals surface area contributed by atoms with E-state index in [4.69, 9.17) is 10.5 Å². The van der Waals surface area contributed by atoms with Gasteiger partial charge in [0.25, 0.3) is 0 Å². The first-order valence-electron chi connectivity index (χ1n) is 6.26. The van der Waals surface area contributed by atoms with E-state index in [0.29, 0.717) is 24.1 Å². The minimum absolute atomic E-state index is 0.0609. The van der Waals surface area contributed by atoms with Gasteiger partial charge in [-0.05, 0) is 37.8 Å². The molecule has 0 atom stereocenters. The SMILES string of the molecule is COC1CC(NS(=O)(=O)c2c(C)ccc(C)c2N)C1. The zero-order chi connectivity index (χ0) is 14.2. The van der Waals surface area contributed by atoms with E-state index in [2.05, 4.69) is 4.72 Å². The standard InChI is InChI=1S/C13H20N2O3S/c1-8-4-5-9(2)13(12(8)14)19(16,17)15-10-6-11(7-10)18-3/h4-5,10-11,15H,6-7,14H2,1-3H3. The molecule has 3 N–H and O–H groups in total. The molecule has 0 unspecified atom stereocenters. The van der Waals surface area contributed by atoms with Crippen molar-refractivity contribution in [1.29, 1.82) is 0 Å². The predicted octanol–water partition coefficient (Wildman–Crippen LogP) is 1.34. The molecule has 0 heterocycles. The number of benzene rings is 1. The topological polar surface area (TPSA) is 81.4 Å². The van der Waals surface area contributed by atoms with Crippen molar-refractivity contribution in [2.45, 2.75) is 43.7 Å². The summed E-state index contributed by atoms with van der Waals surface area (Å²) in [6.07, 6.45) is 1.57. The number of aryl methyl sites for hydroxylation is 2. The zero-order valence-electron chi connectivity index (χ0n) is 11.4. The van der Waals surface area contributed by atoms with Crippen LogP contribution in [-0.2, 0) is 14.8 Å². The van der Waals surface area contributed by atoms with E-state index in [1.807, 2.05) is 6.07 Å². The number of anilines is 1. The van der Waals surface area contributed by atoms with Crippen molar-refractivity contribution in [2.24, 2.45) is 0 Å². The van der Waals surface area contributed by atoms with Gasteiger partial charge in [-0.25, -0.2) is 13.1 Å². The van der Waals surface area contributed by atoms with Gasteiger partial charge in [-0.15, -0.1) is 0 Å². The van der Waals surface area contributed by atoms with Crippen molar-refractivity contribution in [3.8, 4) is 0 Å². The molecule has 0 amide bonds. The Kier molecular flexibility index (Phi) is 3.85. The van der Waals surface area contributed by atoms with Crippen molar-refractivity contribution in [3.63, 3.8) is 0 Å². The van der Waals surface area contributed by atoms with Gasteiger partial charge in [-0.1, -0.05) is 12.1 Å². The predicted molar refractivity (Wildman–Crippen MR) is 74.5 cm³/mol. The highest BCUT2D eigenvalue weighted by atomic mass is 32.2. The van der Waals surface area contributed by atoms with Crippen molar-refractivity contribution in [2.75, 3.05) is 12.8 Å². The summed E-state index contributed by atoms with van der Waals surface area (Å²) in [5.41, 5.74) is 7.68. The van der Waals surface area contributed by atoms with E-state index in [-0.39, 0.29) is 17.0 Å². The molecule has 0 saturated heterocycles. The van der Waals surface area contributed by atoms with Crippen LogP contribution in [0.5, 0.6) is 0 Å². The highest BCUT2D eigenvalue weighted by Gasteiger charge is 2.33. The summed E-state index contributed by atoms with van der Waals surface area (Å²) >= 11 is 0. The Morgan fingerprint density at radius 1 is 1.26 bits per heavy atom. The molecule has 0 radical (unpaired) electrons. The molecule has 19 heavy (non-hydrogen) atoms. The minimum atomic E-state index is -3.57. The highest BCUT2D eigenvalue weighted by Crippen LogP contribution is 2.29. The van der Waals surface area contributed by atoms with Gasteiger partial charge in [-0.3, -0.25) is 0 Å². The van der Waals surface area contributed by atoms with Crippen LogP contribution >= 0.6 is 0 Å². The van der Waals surface area contributed by atoms with Gasteiger partial charge in [0.05, 0.1) is 11.8 Å². The zero-order valence-corrected chi connectivity index (χ0v) is 12.3. The quantitative estimate of drug-likeness (QED) is 0.818. The Hall–Kier alpha value is -1.11. The average molecular weight is 284 g/mol. The van der Waals surface area contributed by atoms with Crippen LogP contribution in [0.4, 0.5) is 5.69 Å². The molecule has 0 aliphatic heterocycles. The second-order valence-electron chi connectivity index (χ2n) is 5.09. The molecule has 2 rings (SSSR count). The van der Waals surface area contributed by atoms with Crippen molar-refractivity contribution < 1.29 is 13.2 Å². The van der Waals surface area contributed by atoms with Crippen LogP contribution in [0.1, 0.15) is 24.0 Å². The maximum Gasteiger partial charge on any atom is 0.243 e. The second-order valence-corrected chi connectivity index (χ2v) is 6.74. The summed E-state index contributed by atoms with van der Waals surface area (Å²) < 4.78 is 32.6. The fraction of sp³-hybridized carbons (Fsp3) is 0.538. The van der Waals surface area contributed by atoms with Gasteiger partial charge in [0.15, 0.2) is 0 Å². The fourth-order valence-corrected chi connectivity index (χ4v) is 3.99. The van der Waals surface area contributed by atoms with Gasteiger partial charge >= 0.3 is 0 Å². The molecule has 1 fully saturated rings. The van der Waals surface area contributed by atoms with Crippen LogP contribution in [0.2, 0.25) is 0 Å². The normalized spacial score (nSPS) is 23.1. The largest absolute Gasteiger partial charge is 0.397 e. The summed E-state index contributed by atoms with van der Waals surface area (Å²) in [4.78, 5) is 0.202. The number of hydrogen-bond acceptors (Lipinski definition) is 4. The van der Waals surface area contributed by atoms with Crippen LogP contribution in [0.25, 0.3) is 0 Å². The van der Waals surface area contributed by atoms with E-state index in [1.165, 1.54) is 0 Å². The number of ether oxygens (including phenoxy) is 1. The van der Waals surface area contributed by atoms with E-state index < -0.39 is 10.0 Å². The number of nitrogens with one attached hydrogen (secondary N) is 1. The molecule has 106 valence electrons. The van der Waals surface area contributed by atoms with E-state index in [0.717, 1.165) is 5.56 Å². The Labute approximate surface area is 114 Å². The molecule has 1 aromatic carbocycles. The Bertz CT molecular complexity index is 578. The molecule has 1 saturated carbocycles. The lowest BCUT2D eigenvalue weighted by molar-refractivity contribution is 0.0236. The summed E-state index contributed by atoms with van der Waals surface area (Å²) in [6, 6.07) is 3.54. The molecular weight excluding hydrogens is 264 g/mol. The van der Waals surface area contributed by atoms with Crippen molar-refractivity contribution >= 4 is 15.7 Å². The van der Waals surface area contributed by atoms with Gasteiger partial charge in [0.1, 0.15) is 4.90 Å². The third kappa shape index (κ3) is 2.75. The number of nitrogen functional groups attached to an aromatic ring is 1. The van der Waals surface area contributed by atoms with Crippen LogP contribution in [0.15, 0.2) is 17.0 Å². The molecular formula is C13H20N2O3S. The molecule has 0 aromatic heterocycles. The van der Waals surface area contributed by atoms with Crippen molar-refractivity contribution in [1.82, 2.24) is 4.72 Å². The van der Waals surface area contributed by atoms with Crippen LogP contribution < -0.4 is 10.5 Å². The summed E-state index contributed by atoms with van der Waals surface area (Å²) in [7, 11) is -1.93.